The third-order valence-electron chi connectivity index (χ3n) is 3.82. The molecule has 1 N–H and O–H groups in total. The maximum atomic E-state index is 5.98. The number of rotatable bonds is 7. The van der Waals surface area contributed by atoms with Gasteiger partial charge in [-0.3, -0.25) is 0 Å². The highest BCUT2D eigenvalue weighted by Gasteiger charge is 2.24. The van der Waals surface area contributed by atoms with Gasteiger partial charge in [0, 0.05) is 6.04 Å². The fourth-order valence-electron chi connectivity index (χ4n) is 2.69. The molecule has 0 aliphatic heterocycles. The van der Waals surface area contributed by atoms with Crippen LogP contribution in [0.3, 0.4) is 0 Å². The van der Waals surface area contributed by atoms with Gasteiger partial charge in [-0.15, -0.1) is 0 Å². The molecule has 2 heteroatoms. The predicted octanol–water partition coefficient (Wildman–Crippen LogP) is 4.10. The van der Waals surface area contributed by atoms with Crippen LogP contribution in [0.2, 0.25) is 0 Å². The van der Waals surface area contributed by atoms with Crippen molar-refractivity contribution in [2.24, 2.45) is 5.92 Å². The summed E-state index contributed by atoms with van der Waals surface area (Å²) in [6, 6.07) is 7.05. The molecule has 0 saturated heterocycles. The van der Waals surface area contributed by atoms with Gasteiger partial charge in [0.15, 0.2) is 0 Å². The Balaban J connectivity index is 2.01. The molecule has 0 bridgehead atoms. The zero-order chi connectivity index (χ0) is 13.7. The molecule has 0 amide bonds. The van der Waals surface area contributed by atoms with E-state index in [0.29, 0.717) is 12.0 Å². The molecule has 1 aromatic rings. The van der Waals surface area contributed by atoms with Crippen LogP contribution < -0.4 is 10.1 Å². The summed E-state index contributed by atoms with van der Waals surface area (Å²) in [4.78, 5) is 0. The number of fused-ring (bicyclic) bond motifs is 1. The molecule has 1 aromatic carbocycles. The molecule has 19 heavy (non-hydrogen) atoms. The second kappa shape index (κ2) is 6.95. The van der Waals surface area contributed by atoms with E-state index in [-0.39, 0.29) is 0 Å². The standard InChI is InChI=1S/C17H27NO/c1-4-11-18-16-9-8-15-14(16)6-5-7-17(15)19-12-10-13(2)3/h5-7,13,16,18H,4,8-12H2,1-3H3. The summed E-state index contributed by atoms with van der Waals surface area (Å²) in [6.07, 6.45) is 4.67. The molecule has 2 nitrogen and oxygen atoms in total. The number of benzene rings is 1. The van der Waals surface area contributed by atoms with Crippen LogP contribution in [0, 0.1) is 5.92 Å². The Kier molecular flexibility index (Phi) is 5.26. The van der Waals surface area contributed by atoms with Gasteiger partial charge in [0.05, 0.1) is 6.61 Å². The average molecular weight is 261 g/mol. The quantitative estimate of drug-likeness (QED) is 0.798. The van der Waals surface area contributed by atoms with Gasteiger partial charge in [-0.1, -0.05) is 32.9 Å². The minimum absolute atomic E-state index is 0.531. The van der Waals surface area contributed by atoms with E-state index in [1.54, 1.807) is 0 Å². The maximum absolute atomic E-state index is 5.98. The molecule has 0 radical (unpaired) electrons. The lowest BCUT2D eigenvalue weighted by atomic mass is 10.1. The van der Waals surface area contributed by atoms with Crippen molar-refractivity contribution in [1.82, 2.24) is 5.32 Å². The van der Waals surface area contributed by atoms with Crippen molar-refractivity contribution in [3.8, 4) is 5.75 Å². The van der Waals surface area contributed by atoms with Crippen molar-refractivity contribution in [3.63, 3.8) is 0 Å². The van der Waals surface area contributed by atoms with Crippen LogP contribution in [0.1, 0.15) is 57.2 Å². The molecule has 106 valence electrons. The highest BCUT2D eigenvalue weighted by molar-refractivity contribution is 5.45. The molecule has 1 unspecified atom stereocenters. The summed E-state index contributed by atoms with van der Waals surface area (Å²) < 4.78 is 5.98. The Morgan fingerprint density at radius 1 is 1.37 bits per heavy atom. The molecule has 0 spiro atoms. The first-order chi connectivity index (χ1) is 9.22. The van der Waals surface area contributed by atoms with E-state index in [9.17, 15) is 0 Å². The third kappa shape index (κ3) is 3.73. The van der Waals surface area contributed by atoms with E-state index in [0.717, 1.165) is 31.7 Å². The molecule has 0 saturated carbocycles. The van der Waals surface area contributed by atoms with Crippen LogP contribution in [0.4, 0.5) is 0 Å². The molecule has 2 rings (SSSR count). The molecular weight excluding hydrogens is 234 g/mol. The van der Waals surface area contributed by atoms with Gasteiger partial charge in [-0.25, -0.2) is 0 Å². The van der Waals surface area contributed by atoms with Crippen LogP contribution >= 0.6 is 0 Å². The largest absolute Gasteiger partial charge is 0.493 e. The van der Waals surface area contributed by atoms with Gasteiger partial charge in [-0.05, 0) is 55.3 Å². The Morgan fingerprint density at radius 2 is 2.21 bits per heavy atom. The smallest absolute Gasteiger partial charge is 0.122 e. The van der Waals surface area contributed by atoms with Gasteiger partial charge in [0.1, 0.15) is 5.75 Å². The Labute approximate surface area is 117 Å². The molecule has 1 aliphatic carbocycles. The monoisotopic (exact) mass is 261 g/mol. The van der Waals surface area contributed by atoms with E-state index in [2.05, 4.69) is 44.3 Å². The van der Waals surface area contributed by atoms with Crippen molar-refractivity contribution in [2.45, 2.75) is 52.5 Å². The van der Waals surface area contributed by atoms with Crippen LogP contribution in [-0.4, -0.2) is 13.2 Å². The van der Waals surface area contributed by atoms with Crippen LogP contribution in [0.25, 0.3) is 0 Å². The highest BCUT2D eigenvalue weighted by Crippen LogP contribution is 2.36. The Hall–Kier alpha value is -1.02. The average Bonchev–Trinajstić information content (AvgIpc) is 2.80. The van der Waals surface area contributed by atoms with Gasteiger partial charge >= 0.3 is 0 Å². The molecule has 0 aromatic heterocycles. The number of hydrogen-bond acceptors (Lipinski definition) is 2. The third-order valence-corrected chi connectivity index (χ3v) is 3.82. The van der Waals surface area contributed by atoms with Crippen molar-refractivity contribution >= 4 is 0 Å². The van der Waals surface area contributed by atoms with Crippen LogP contribution in [-0.2, 0) is 6.42 Å². The highest BCUT2D eigenvalue weighted by atomic mass is 16.5. The van der Waals surface area contributed by atoms with E-state index in [1.165, 1.54) is 24.0 Å². The van der Waals surface area contributed by atoms with Crippen LogP contribution in [0.15, 0.2) is 18.2 Å². The van der Waals surface area contributed by atoms with E-state index >= 15 is 0 Å². The lowest BCUT2D eigenvalue weighted by Gasteiger charge is -2.15. The summed E-state index contributed by atoms with van der Waals surface area (Å²) in [7, 11) is 0. The van der Waals surface area contributed by atoms with Crippen molar-refractivity contribution < 1.29 is 4.74 Å². The second-order valence-corrected chi connectivity index (χ2v) is 5.90. The van der Waals surface area contributed by atoms with Crippen molar-refractivity contribution in [2.75, 3.05) is 13.2 Å². The van der Waals surface area contributed by atoms with Gasteiger partial charge in [0.25, 0.3) is 0 Å². The zero-order valence-corrected chi connectivity index (χ0v) is 12.5. The van der Waals surface area contributed by atoms with Crippen molar-refractivity contribution in [1.29, 1.82) is 0 Å². The SMILES string of the molecule is CCCNC1CCc2c(OCCC(C)C)cccc21. The summed E-state index contributed by atoms with van der Waals surface area (Å²) in [5.74, 6) is 1.81. The normalized spacial score (nSPS) is 17.8. The van der Waals surface area contributed by atoms with Crippen LogP contribution in [0.5, 0.6) is 5.75 Å². The fraction of sp³-hybridized carbons (Fsp3) is 0.647. The van der Waals surface area contributed by atoms with E-state index < -0.39 is 0 Å². The summed E-state index contributed by atoms with van der Waals surface area (Å²) >= 11 is 0. The van der Waals surface area contributed by atoms with Gasteiger partial charge in [-0.2, -0.15) is 0 Å². The Morgan fingerprint density at radius 3 is 2.95 bits per heavy atom. The lowest BCUT2D eigenvalue weighted by Crippen LogP contribution is -2.19. The number of ether oxygens (including phenoxy) is 1. The van der Waals surface area contributed by atoms with E-state index in [1.807, 2.05) is 0 Å². The molecule has 1 atom stereocenters. The Bertz CT molecular complexity index is 400. The predicted molar refractivity (Wildman–Crippen MR) is 80.7 cm³/mol. The van der Waals surface area contributed by atoms with Gasteiger partial charge < -0.3 is 10.1 Å². The van der Waals surface area contributed by atoms with Gasteiger partial charge in [0.2, 0.25) is 0 Å². The molecular formula is C17H27NO. The lowest BCUT2D eigenvalue weighted by molar-refractivity contribution is 0.287. The molecule has 1 aliphatic rings. The molecule has 0 fully saturated rings. The molecule has 0 heterocycles. The first-order valence-corrected chi connectivity index (χ1v) is 7.70. The van der Waals surface area contributed by atoms with Crippen molar-refractivity contribution in [3.05, 3.63) is 29.3 Å². The first kappa shape index (κ1) is 14.4. The maximum Gasteiger partial charge on any atom is 0.122 e. The topological polar surface area (TPSA) is 21.3 Å². The first-order valence-electron chi connectivity index (χ1n) is 7.70. The summed E-state index contributed by atoms with van der Waals surface area (Å²) in [5.41, 5.74) is 2.88. The number of nitrogens with one attached hydrogen (secondary N) is 1. The summed E-state index contributed by atoms with van der Waals surface area (Å²) in [6.45, 7) is 8.63. The summed E-state index contributed by atoms with van der Waals surface area (Å²) in [5, 5.41) is 3.63. The second-order valence-electron chi connectivity index (χ2n) is 5.90. The fourth-order valence-corrected chi connectivity index (χ4v) is 2.69. The number of hydrogen-bond donors (Lipinski definition) is 1. The zero-order valence-electron chi connectivity index (χ0n) is 12.5. The van der Waals surface area contributed by atoms with E-state index in [4.69, 9.17) is 4.74 Å². The minimum Gasteiger partial charge on any atom is -0.493 e. The minimum atomic E-state index is 0.531.